The molecule has 0 spiro atoms. The van der Waals surface area contributed by atoms with Crippen LogP contribution >= 0.6 is 27.5 Å². The Morgan fingerprint density at radius 2 is 2.16 bits per heavy atom. The highest BCUT2D eigenvalue weighted by molar-refractivity contribution is 9.10. The highest BCUT2D eigenvalue weighted by atomic mass is 79.9. The quantitative estimate of drug-likeness (QED) is 0.789. The maximum absolute atomic E-state index is 12.2. The lowest BCUT2D eigenvalue weighted by Crippen LogP contribution is -2.13. The normalized spacial score (nSPS) is 11.3. The van der Waals surface area contributed by atoms with Gasteiger partial charge in [0.2, 0.25) is 0 Å². The number of rotatable bonds is 3. The first-order valence-electron chi connectivity index (χ1n) is 6.09. The van der Waals surface area contributed by atoms with Gasteiger partial charge in [-0.15, -0.1) is 0 Å². The first kappa shape index (κ1) is 14.4. The molecule has 0 fully saturated rings. The summed E-state index contributed by atoms with van der Waals surface area (Å²) in [5.41, 5.74) is 2.23. The van der Waals surface area contributed by atoms with Crippen LogP contribution in [0.5, 0.6) is 0 Å². The molecular formula is C13H15BrN2O2S. The number of esters is 1. The Morgan fingerprint density at radius 1 is 1.47 bits per heavy atom. The predicted molar refractivity (Wildman–Crippen MR) is 79.9 cm³/mol. The third-order valence-corrected chi connectivity index (χ3v) is 4.44. The van der Waals surface area contributed by atoms with Crippen molar-refractivity contribution in [3.8, 4) is 0 Å². The Balaban J connectivity index is 2.76. The average molecular weight is 343 g/mol. The van der Waals surface area contributed by atoms with Crippen molar-refractivity contribution in [2.24, 2.45) is 0 Å². The van der Waals surface area contributed by atoms with Gasteiger partial charge in [-0.25, -0.2) is 9.78 Å². The summed E-state index contributed by atoms with van der Waals surface area (Å²) in [6, 6.07) is 0. The lowest BCUT2D eigenvalue weighted by atomic mass is 9.98. The predicted octanol–water partition coefficient (Wildman–Crippen LogP) is 4.06. The third-order valence-electron chi connectivity index (χ3n) is 2.89. The van der Waals surface area contributed by atoms with E-state index in [0.717, 1.165) is 26.1 Å². The van der Waals surface area contributed by atoms with Gasteiger partial charge in [0.25, 0.3) is 0 Å². The number of carbonyl (C=O) groups excluding carboxylic acids is 1. The smallest absolute Gasteiger partial charge is 0.340 e. The topological polar surface area (TPSA) is 52.1 Å². The summed E-state index contributed by atoms with van der Waals surface area (Å²) < 4.78 is 10.1. The molecule has 6 heteroatoms. The summed E-state index contributed by atoms with van der Waals surface area (Å²) in [6.45, 7) is 8.12. The van der Waals surface area contributed by atoms with Crippen LogP contribution in [0.25, 0.3) is 10.2 Å². The number of aryl methyl sites for hydroxylation is 1. The molecule has 0 aliphatic rings. The molecule has 2 aromatic heterocycles. The number of halogens is 1. The Kier molecular flexibility index (Phi) is 4.20. The second kappa shape index (κ2) is 5.54. The van der Waals surface area contributed by atoms with Crippen molar-refractivity contribution in [1.29, 1.82) is 0 Å². The number of carbonyl (C=O) groups is 1. The summed E-state index contributed by atoms with van der Waals surface area (Å²) in [7, 11) is 0. The highest BCUT2D eigenvalue weighted by Gasteiger charge is 2.23. The van der Waals surface area contributed by atoms with Gasteiger partial charge in [0, 0.05) is 5.39 Å². The van der Waals surface area contributed by atoms with Gasteiger partial charge in [-0.3, -0.25) is 0 Å². The van der Waals surface area contributed by atoms with Crippen LogP contribution in [0.15, 0.2) is 4.60 Å². The highest BCUT2D eigenvalue weighted by Crippen LogP contribution is 2.34. The number of nitrogens with zero attached hydrogens (tertiary/aromatic N) is 2. The molecule has 0 N–H and O–H groups in total. The van der Waals surface area contributed by atoms with Crippen LogP contribution in [-0.4, -0.2) is 21.9 Å². The third kappa shape index (κ3) is 2.51. The van der Waals surface area contributed by atoms with Gasteiger partial charge in [-0.1, -0.05) is 13.8 Å². The van der Waals surface area contributed by atoms with Crippen molar-refractivity contribution in [3.05, 3.63) is 21.4 Å². The molecule has 0 amide bonds. The summed E-state index contributed by atoms with van der Waals surface area (Å²) in [4.78, 5) is 17.6. The fourth-order valence-corrected chi connectivity index (χ4v) is 3.59. The largest absolute Gasteiger partial charge is 0.462 e. The summed E-state index contributed by atoms with van der Waals surface area (Å²) in [5, 5.41) is 0.900. The van der Waals surface area contributed by atoms with E-state index in [0.29, 0.717) is 12.2 Å². The molecule has 0 saturated heterocycles. The Bertz CT molecular complexity index is 637. The molecule has 0 unspecified atom stereocenters. The molecule has 0 aromatic carbocycles. The van der Waals surface area contributed by atoms with Crippen LogP contribution in [0.1, 0.15) is 48.3 Å². The number of hydrogen-bond donors (Lipinski definition) is 0. The molecular weight excluding hydrogens is 328 g/mol. The monoisotopic (exact) mass is 342 g/mol. The van der Waals surface area contributed by atoms with Gasteiger partial charge in [0.05, 0.1) is 17.9 Å². The van der Waals surface area contributed by atoms with Crippen molar-refractivity contribution in [3.63, 3.8) is 0 Å². The van der Waals surface area contributed by atoms with E-state index in [9.17, 15) is 4.79 Å². The second-order valence-electron chi connectivity index (χ2n) is 4.53. The van der Waals surface area contributed by atoms with E-state index in [2.05, 4.69) is 25.3 Å². The molecule has 2 heterocycles. The SMILES string of the molecule is CCOC(=O)c1c(C(C)C)nc2snc(Br)c2c1C. The van der Waals surface area contributed by atoms with E-state index in [1.807, 2.05) is 20.8 Å². The zero-order valence-corrected chi connectivity index (χ0v) is 13.7. The van der Waals surface area contributed by atoms with E-state index >= 15 is 0 Å². The van der Waals surface area contributed by atoms with E-state index < -0.39 is 0 Å². The van der Waals surface area contributed by atoms with Crippen LogP contribution in [0.4, 0.5) is 0 Å². The average Bonchev–Trinajstić information content (AvgIpc) is 2.71. The van der Waals surface area contributed by atoms with Gasteiger partial charge in [-0.2, -0.15) is 4.37 Å². The second-order valence-corrected chi connectivity index (χ2v) is 6.03. The molecule has 4 nitrogen and oxygen atoms in total. The molecule has 0 aliphatic carbocycles. The van der Waals surface area contributed by atoms with Gasteiger partial charge >= 0.3 is 5.97 Å². The fourth-order valence-electron chi connectivity index (χ4n) is 2.02. The van der Waals surface area contributed by atoms with E-state index in [1.165, 1.54) is 11.5 Å². The Labute approximate surface area is 124 Å². The number of aromatic nitrogens is 2. The Hall–Kier alpha value is -1.01. The minimum atomic E-state index is -0.309. The first-order chi connectivity index (χ1) is 8.97. The molecule has 102 valence electrons. The van der Waals surface area contributed by atoms with Crippen molar-refractivity contribution in [1.82, 2.24) is 9.36 Å². The molecule has 19 heavy (non-hydrogen) atoms. The van der Waals surface area contributed by atoms with Crippen LogP contribution in [0, 0.1) is 6.92 Å². The minimum Gasteiger partial charge on any atom is -0.462 e. The zero-order valence-electron chi connectivity index (χ0n) is 11.3. The number of fused-ring (bicyclic) bond motifs is 1. The van der Waals surface area contributed by atoms with Crippen molar-refractivity contribution < 1.29 is 9.53 Å². The Morgan fingerprint density at radius 3 is 2.74 bits per heavy atom. The van der Waals surface area contributed by atoms with Crippen molar-refractivity contribution >= 4 is 43.6 Å². The molecule has 0 radical (unpaired) electrons. The molecule has 0 saturated carbocycles. The zero-order chi connectivity index (χ0) is 14.2. The maximum atomic E-state index is 12.2. The van der Waals surface area contributed by atoms with Crippen LogP contribution in [0.2, 0.25) is 0 Å². The molecule has 0 aliphatic heterocycles. The first-order valence-corrected chi connectivity index (χ1v) is 7.66. The van der Waals surface area contributed by atoms with Crippen molar-refractivity contribution in [2.45, 2.75) is 33.6 Å². The summed E-state index contributed by atoms with van der Waals surface area (Å²) in [6.07, 6.45) is 0. The van der Waals surface area contributed by atoms with Crippen LogP contribution in [-0.2, 0) is 4.74 Å². The van der Waals surface area contributed by atoms with Gasteiger partial charge in [0.1, 0.15) is 9.43 Å². The van der Waals surface area contributed by atoms with Gasteiger partial charge in [-0.05, 0) is 52.8 Å². The van der Waals surface area contributed by atoms with Crippen LogP contribution < -0.4 is 0 Å². The number of ether oxygens (including phenoxy) is 1. The van der Waals surface area contributed by atoms with Gasteiger partial charge < -0.3 is 4.74 Å². The van der Waals surface area contributed by atoms with Crippen molar-refractivity contribution in [2.75, 3.05) is 6.61 Å². The molecule has 2 rings (SSSR count). The minimum absolute atomic E-state index is 0.156. The molecule has 0 atom stereocenters. The van der Waals surface area contributed by atoms with E-state index in [1.54, 1.807) is 6.92 Å². The lowest BCUT2D eigenvalue weighted by molar-refractivity contribution is 0.0523. The summed E-state index contributed by atoms with van der Waals surface area (Å²) in [5.74, 6) is -0.153. The summed E-state index contributed by atoms with van der Waals surface area (Å²) >= 11 is 4.74. The maximum Gasteiger partial charge on any atom is 0.340 e. The standard InChI is InChI=1S/C13H15BrN2O2S/c1-5-18-13(17)8-7(4)9-11(14)16-19-12(9)15-10(8)6(2)3/h6H,5H2,1-4H3. The van der Waals surface area contributed by atoms with E-state index in [-0.39, 0.29) is 11.9 Å². The lowest BCUT2D eigenvalue weighted by Gasteiger charge is -2.14. The molecule has 0 bridgehead atoms. The number of hydrogen-bond acceptors (Lipinski definition) is 5. The van der Waals surface area contributed by atoms with E-state index in [4.69, 9.17) is 4.74 Å². The molecule has 2 aromatic rings. The fraction of sp³-hybridized carbons (Fsp3) is 0.462. The van der Waals surface area contributed by atoms with Gasteiger partial charge in [0.15, 0.2) is 0 Å². The van der Waals surface area contributed by atoms with Crippen LogP contribution in [0.3, 0.4) is 0 Å². The number of pyridine rings is 1.